The summed E-state index contributed by atoms with van der Waals surface area (Å²) in [5.41, 5.74) is -0.373. The van der Waals surface area contributed by atoms with E-state index in [9.17, 15) is 22.8 Å². The predicted octanol–water partition coefficient (Wildman–Crippen LogP) is 2.24. The van der Waals surface area contributed by atoms with Gasteiger partial charge in [-0.15, -0.1) is 0 Å². The van der Waals surface area contributed by atoms with Gasteiger partial charge in [0.05, 0.1) is 12.3 Å². The molecule has 1 aliphatic carbocycles. The molecular weight excluding hydrogens is 444 g/mol. The highest BCUT2D eigenvalue weighted by Gasteiger charge is 2.51. The highest BCUT2D eigenvalue weighted by Crippen LogP contribution is 2.32. The Kier molecular flexibility index (Phi) is 7.79. The van der Waals surface area contributed by atoms with Crippen molar-refractivity contribution in [3.8, 4) is 0 Å². The number of amides is 3. The molecule has 1 aromatic carbocycles. The second-order valence-electron chi connectivity index (χ2n) is 9.12. The summed E-state index contributed by atoms with van der Waals surface area (Å²) in [6.07, 6.45) is 5.38. The Bertz CT molecular complexity index is 989. The van der Waals surface area contributed by atoms with E-state index in [2.05, 4.69) is 10.6 Å². The van der Waals surface area contributed by atoms with Crippen LogP contribution in [0.3, 0.4) is 0 Å². The summed E-state index contributed by atoms with van der Waals surface area (Å²) < 4.78 is 26.8. The molecular formula is C23H34N4O5S. The summed E-state index contributed by atoms with van der Waals surface area (Å²) in [7, 11) is -3.67. The molecule has 1 aliphatic heterocycles. The molecule has 182 valence electrons. The van der Waals surface area contributed by atoms with Gasteiger partial charge < -0.3 is 10.6 Å². The highest BCUT2D eigenvalue weighted by atomic mass is 32.2. The van der Waals surface area contributed by atoms with Crippen LogP contribution < -0.4 is 15.5 Å². The molecule has 0 bridgehead atoms. The van der Waals surface area contributed by atoms with Gasteiger partial charge in [-0.3, -0.25) is 19.3 Å². The fourth-order valence-electron chi connectivity index (χ4n) is 4.64. The van der Waals surface area contributed by atoms with Crippen molar-refractivity contribution in [3.63, 3.8) is 0 Å². The zero-order valence-electron chi connectivity index (χ0n) is 19.6. The Morgan fingerprint density at radius 2 is 1.76 bits per heavy atom. The number of hydrogen-bond acceptors (Lipinski definition) is 5. The van der Waals surface area contributed by atoms with Gasteiger partial charge in [0.15, 0.2) is 0 Å². The smallest absolute Gasteiger partial charge is 0.247 e. The molecule has 1 unspecified atom stereocenters. The zero-order chi connectivity index (χ0) is 24.2. The number of sulfonamides is 1. The molecule has 1 heterocycles. The second-order valence-corrected chi connectivity index (χ2v) is 11.2. The van der Waals surface area contributed by atoms with Gasteiger partial charge in [0.2, 0.25) is 27.7 Å². The van der Waals surface area contributed by atoms with Crippen LogP contribution in [0.1, 0.15) is 59.3 Å². The van der Waals surface area contributed by atoms with E-state index in [1.807, 2.05) is 0 Å². The van der Waals surface area contributed by atoms with Crippen LogP contribution >= 0.6 is 0 Å². The van der Waals surface area contributed by atoms with Crippen LogP contribution in [0.15, 0.2) is 24.3 Å². The molecule has 1 atom stereocenters. The van der Waals surface area contributed by atoms with Gasteiger partial charge in [-0.1, -0.05) is 26.2 Å². The molecule has 1 aromatic rings. The molecule has 2 aliphatic rings. The number of hydrogen-bond donors (Lipinski definition) is 2. The normalized spacial score (nSPS) is 22.8. The Hall–Kier alpha value is -2.46. The summed E-state index contributed by atoms with van der Waals surface area (Å²) in [6, 6.07) is 6.65. The van der Waals surface area contributed by atoms with Gasteiger partial charge in [-0.05, 0) is 50.5 Å². The predicted molar refractivity (Wildman–Crippen MR) is 127 cm³/mol. The minimum Gasteiger partial charge on any atom is -0.351 e. The fraction of sp³-hybridized carbons (Fsp3) is 0.609. The fourth-order valence-corrected chi connectivity index (χ4v) is 6.17. The Balaban J connectivity index is 1.95. The molecule has 3 rings (SSSR count). The molecule has 2 N–H and O–H groups in total. The van der Waals surface area contributed by atoms with Gasteiger partial charge in [-0.2, -0.15) is 4.31 Å². The van der Waals surface area contributed by atoms with Crippen molar-refractivity contribution in [3.05, 3.63) is 24.3 Å². The third-order valence-corrected chi connectivity index (χ3v) is 8.24. The van der Waals surface area contributed by atoms with Crippen molar-refractivity contribution < 1.29 is 22.8 Å². The van der Waals surface area contributed by atoms with Crippen LogP contribution in [-0.2, 0) is 24.4 Å². The molecule has 9 nitrogen and oxygen atoms in total. The maximum Gasteiger partial charge on any atom is 0.247 e. The number of carbonyl (C=O) groups is 3. The van der Waals surface area contributed by atoms with Crippen molar-refractivity contribution in [1.29, 1.82) is 0 Å². The maximum atomic E-state index is 13.6. The van der Waals surface area contributed by atoms with Gasteiger partial charge in [-0.25, -0.2) is 8.42 Å². The van der Waals surface area contributed by atoms with Crippen LogP contribution in [0.2, 0.25) is 0 Å². The second kappa shape index (κ2) is 10.2. The van der Waals surface area contributed by atoms with Gasteiger partial charge in [0.1, 0.15) is 5.54 Å². The van der Waals surface area contributed by atoms with Crippen LogP contribution in [0.5, 0.6) is 0 Å². The minimum atomic E-state index is -3.67. The first-order valence-corrected chi connectivity index (χ1v) is 13.2. The summed E-state index contributed by atoms with van der Waals surface area (Å²) in [5.74, 6) is -1.11. The quantitative estimate of drug-likeness (QED) is 0.624. The average molecular weight is 479 g/mol. The monoisotopic (exact) mass is 478 g/mol. The van der Waals surface area contributed by atoms with E-state index in [1.165, 1.54) is 11.8 Å². The summed E-state index contributed by atoms with van der Waals surface area (Å²) in [4.78, 5) is 39.6. The lowest BCUT2D eigenvalue weighted by Gasteiger charge is -2.47. The molecule has 0 aromatic heterocycles. The molecule has 0 radical (unpaired) electrons. The average Bonchev–Trinajstić information content (AvgIpc) is 2.74. The van der Waals surface area contributed by atoms with Crippen LogP contribution in [0, 0.1) is 0 Å². The van der Waals surface area contributed by atoms with Crippen molar-refractivity contribution in [2.45, 2.75) is 70.9 Å². The van der Waals surface area contributed by atoms with Crippen LogP contribution in [-0.4, -0.2) is 60.9 Å². The first-order valence-electron chi connectivity index (χ1n) is 11.6. The van der Waals surface area contributed by atoms with E-state index >= 15 is 0 Å². The summed E-state index contributed by atoms with van der Waals surface area (Å²) in [5, 5.41) is 5.76. The number of benzene rings is 1. The first kappa shape index (κ1) is 25.2. The largest absolute Gasteiger partial charge is 0.351 e. The molecule has 1 saturated heterocycles. The lowest BCUT2D eigenvalue weighted by atomic mass is 9.91. The Labute approximate surface area is 195 Å². The Morgan fingerprint density at radius 1 is 1.12 bits per heavy atom. The third kappa shape index (κ3) is 5.73. The van der Waals surface area contributed by atoms with Gasteiger partial charge in [0, 0.05) is 30.9 Å². The topological polar surface area (TPSA) is 116 Å². The van der Waals surface area contributed by atoms with Gasteiger partial charge in [0.25, 0.3) is 0 Å². The van der Waals surface area contributed by atoms with Gasteiger partial charge >= 0.3 is 0 Å². The van der Waals surface area contributed by atoms with Crippen LogP contribution in [0.4, 0.5) is 11.4 Å². The van der Waals surface area contributed by atoms with E-state index < -0.39 is 21.5 Å². The molecule has 0 spiro atoms. The van der Waals surface area contributed by atoms with E-state index in [0.717, 1.165) is 36.4 Å². The van der Waals surface area contributed by atoms with Crippen molar-refractivity contribution in [2.24, 2.45) is 0 Å². The van der Waals surface area contributed by atoms with E-state index in [0.29, 0.717) is 17.8 Å². The maximum absolute atomic E-state index is 13.6. The molecule has 2 fully saturated rings. The minimum absolute atomic E-state index is 0.0183. The molecule has 10 heteroatoms. The Morgan fingerprint density at radius 3 is 2.33 bits per heavy atom. The number of carbonyl (C=O) groups excluding carboxylic acids is 3. The number of piperazine rings is 1. The van der Waals surface area contributed by atoms with E-state index in [-0.39, 0.29) is 36.7 Å². The number of nitrogens with zero attached hydrogens (tertiary/aromatic N) is 2. The van der Waals surface area contributed by atoms with E-state index in [1.54, 1.807) is 38.1 Å². The molecule has 3 amide bonds. The van der Waals surface area contributed by atoms with Crippen molar-refractivity contribution in [2.75, 3.05) is 29.1 Å². The summed E-state index contributed by atoms with van der Waals surface area (Å²) in [6.45, 7) is 4.36. The van der Waals surface area contributed by atoms with Crippen LogP contribution in [0.25, 0.3) is 0 Å². The molecule has 1 saturated carbocycles. The lowest BCUT2D eigenvalue weighted by Crippen LogP contribution is -2.71. The lowest BCUT2D eigenvalue weighted by molar-refractivity contribution is -0.133. The first-order chi connectivity index (χ1) is 15.6. The SMILES string of the molecule is CCCS(=O)(=O)N1CC(=O)N(c2ccc(NC(C)=O)cc2)C(C)(C(=O)NC2CCCCC2)C1. The zero-order valence-corrected chi connectivity index (χ0v) is 20.4. The third-order valence-electron chi connectivity index (χ3n) is 6.27. The number of anilines is 2. The van der Waals surface area contributed by atoms with Crippen molar-refractivity contribution in [1.82, 2.24) is 9.62 Å². The molecule has 33 heavy (non-hydrogen) atoms. The van der Waals surface area contributed by atoms with Crippen molar-refractivity contribution >= 4 is 39.1 Å². The number of nitrogens with one attached hydrogen (secondary N) is 2. The van der Waals surface area contributed by atoms with E-state index in [4.69, 9.17) is 0 Å². The number of rotatable bonds is 7. The highest BCUT2D eigenvalue weighted by molar-refractivity contribution is 7.89. The summed E-state index contributed by atoms with van der Waals surface area (Å²) >= 11 is 0. The standard InChI is InChI=1S/C23H34N4O5S/c1-4-14-33(31,32)26-15-21(29)27(20-12-10-19(11-13-20)24-17(2)28)23(3,16-26)22(30)25-18-8-6-5-7-9-18/h10-13,18H,4-9,14-16H2,1-3H3,(H,24,28)(H,25,30).